The summed E-state index contributed by atoms with van der Waals surface area (Å²) in [6.07, 6.45) is 1.56. The van der Waals surface area contributed by atoms with Gasteiger partial charge in [-0.25, -0.2) is 9.18 Å². The summed E-state index contributed by atoms with van der Waals surface area (Å²) in [5.74, 6) is 0.364. The number of hydrogen-bond donors (Lipinski definition) is 0. The largest absolute Gasteiger partial charge is 0.465 e. The van der Waals surface area contributed by atoms with Gasteiger partial charge in [0.2, 0.25) is 0 Å². The number of carbonyl (C=O) groups is 1. The number of carbonyl (C=O) groups excluding carboxylic acids is 1. The molecule has 0 N–H and O–H groups in total. The van der Waals surface area contributed by atoms with Crippen LogP contribution >= 0.6 is 0 Å². The van der Waals surface area contributed by atoms with Gasteiger partial charge in [0, 0.05) is 5.56 Å². The van der Waals surface area contributed by atoms with Crippen LogP contribution in [0.25, 0.3) is 11.3 Å². The van der Waals surface area contributed by atoms with E-state index >= 15 is 0 Å². The third kappa shape index (κ3) is 3.66. The molecule has 5 heteroatoms. The Bertz CT molecular complexity index is 944. The smallest absolute Gasteiger partial charge is 0.338 e. The Morgan fingerprint density at radius 1 is 1.16 bits per heavy atom. The van der Waals surface area contributed by atoms with E-state index in [9.17, 15) is 9.18 Å². The number of rotatable bonds is 4. The molecule has 4 nitrogen and oxygen atoms in total. The lowest BCUT2D eigenvalue weighted by molar-refractivity contribution is 0.0600. The zero-order valence-electron chi connectivity index (χ0n) is 13.8. The highest BCUT2D eigenvalue weighted by Gasteiger charge is 2.11. The molecular weight excluding hydrogens is 321 g/mol. The Kier molecular flexibility index (Phi) is 4.75. The molecule has 0 spiro atoms. The summed E-state index contributed by atoms with van der Waals surface area (Å²) >= 11 is 0. The molecule has 25 heavy (non-hydrogen) atoms. The van der Waals surface area contributed by atoms with E-state index in [1.165, 1.54) is 19.2 Å². The van der Waals surface area contributed by atoms with Crippen molar-refractivity contribution >= 4 is 17.9 Å². The molecule has 0 bridgehead atoms. The summed E-state index contributed by atoms with van der Waals surface area (Å²) in [5, 5.41) is 0. The molecular formula is C20H16FNO3. The molecule has 1 heterocycles. The first-order chi connectivity index (χ1) is 12.1. The van der Waals surface area contributed by atoms with Gasteiger partial charge in [-0.1, -0.05) is 18.2 Å². The number of esters is 1. The molecule has 3 rings (SSSR count). The first-order valence-electron chi connectivity index (χ1n) is 7.66. The second-order valence-corrected chi connectivity index (χ2v) is 5.41. The Balaban J connectivity index is 1.85. The minimum absolute atomic E-state index is 0.320. The van der Waals surface area contributed by atoms with E-state index in [1.807, 2.05) is 0 Å². The molecule has 0 aliphatic heterocycles. The summed E-state index contributed by atoms with van der Waals surface area (Å²) in [4.78, 5) is 16.1. The monoisotopic (exact) mass is 337 g/mol. The Hall–Kier alpha value is -3.21. The van der Waals surface area contributed by atoms with Gasteiger partial charge in [-0.05, 0) is 48.9 Å². The zero-order valence-corrected chi connectivity index (χ0v) is 13.8. The molecule has 0 saturated carbocycles. The number of ether oxygens (including phenoxy) is 1. The van der Waals surface area contributed by atoms with E-state index in [2.05, 4.69) is 4.99 Å². The van der Waals surface area contributed by atoms with E-state index in [4.69, 9.17) is 9.15 Å². The standard InChI is InChI=1S/C20H16FNO3/c1-13-17(20(23)24-2)7-4-8-18(13)22-12-16-9-10-19(25-16)14-5-3-6-15(21)11-14/h3-12H,1-2H3. The Morgan fingerprint density at radius 3 is 2.72 bits per heavy atom. The number of aliphatic imine (C=N–C) groups is 1. The van der Waals surface area contributed by atoms with E-state index < -0.39 is 5.97 Å². The first-order valence-corrected chi connectivity index (χ1v) is 7.66. The Labute approximate surface area is 144 Å². The number of nitrogens with zero attached hydrogens (tertiary/aromatic N) is 1. The van der Waals surface area contributed by atoms with Crippen molar-refractivity contribution in [2.24, 2.45) is 4.99 Å². The van der Waals surface area contributed by atoms with Crippen LogP contribution in [-0.2, 0) is 4.74 Å². The third-order valence-corrected chi connectivity index (χ3v) is 3.78. The predicted octanol–water partition coefficient (Wildman–Crippen LogP) is 4.93. The van der Waals surface area contributed by atoms with Crippen molar-refractivity contribution < 1.29 is 18.3 Å². The van der Waals surface area contributed by atoms with Crippen LogP contribution in [0.1, 0.15) is 21.7 Å². The second kappa shape index (κ2) is 7.13. The average Bonchev–Trinajstić information content (AvgIpc) is 3.09. The lowest BCUT2D eigenvalue weighted by atomic mass is 10.1. The van der Waals surface area contributed by atoms with Gasteiger partial charge in [0.1, 0.15) is 17.3 Å². The first kappa shape index (κ1) is 16.6. The second-order valence-electron chi connectivity index (χ2n) is 5.41. The minimum atomic E-state index is -0.402. The number of furan rings is 1. The molecule has 126 valence electrons. The molecule has 1 aromatic heterocycles. The van der Waals surface area contributed by atoms with Gasteiger partial charge in [-0.2, -0.15) is 0 Å². The van der Waals surface area contributed by atoms with E-state index in [-0.39, 0.29) is 5.82 Å². The van der Waals surface area contributed by atoms with Crippen molar-refractivity contribution in [3.8, 4) is 11.3 Å². The fraction of sp³-hybridized carbons (Fsp3) is 0.100. The van der Waals surface area contributed by atoms with Gasteiger partial charge in [0.15, 0.2) is 0 Å². The highest BCUT2D eigenvalue weighted by atomic mass is 19.1. The molecule has 0 atom stereocenters. The molecule has 0 aliphatic rings. The van der Waals surface area contributed by atoms with Crippen LogP contribution in [0.4, 0.5) is 10.1 Å². The molecule has 0 fully saturated rings. The zero-order chi connectivity index (χ0) is 17.8. The van der Waals surface area contributed by atoms with E-state index in [0.717, 1.165) is 5.56 Å². The molecule has 0 amide bonds. The van der Waals surface area contributed by atoms with Crippen LogP contribution in [0.2, 0.25) is 0 Å². The van der Waals surface area contributed by atoms with Crippen LogP contribution in [0.15, 0.2) is 64.0 Å². The van der Waals surface area contributed by atoms with Crippen LogP contribution in [-0.4, -0.2) is 19.3 Å². The number of hydrogen-bond acceptors (Lipinski definition) is 4. The fourth-order valence-electron chi connectivity index (χ4n) is 2.45. The van der Waals surface area contributed by atoms with Crippen molar-refractivity contribution in [3.63, 3.8) is 0 Å². The quantitative estimate of drug-likeness (QED) is 0.501. The van der Waals surface area contributed by atoms with Crippen molar-refractivity contribution in [2.75, 3.05) is 7.11 Å². The Morgan fingerprint density at radius 2 is 1.96 bits per heavy atom. The van der Waals surface area contributed by atoms with Gasteiger partial charge in [0.05, 0.1) is 24.6 Å². The molecule has 2 aromatic carbocycles. The lowest BCUT2D eigenvalue weighted by Crippen LogP contribution is -2.03. The SMILES string of the molecule is COC(=O)c1cccc(N=Cc2ccc(-c3cccc(F)c3)o2)c1C. The maximum atomic E-state index is 13.3. The molecule has 0 aliphatic carbocycles. The van der Waals surface area contributed by atoms with Crippen molar-refractivity contribution in [3.05, 3.63) is 77.3 Å². The number of halogens is 1. The summed E-state index contributed by atoms with van der Waals surface area (Å²) in [7, 11) is 1.34. The summed E-state index contributed by atoms with van der Waals surface area (Å²) in [6.45, 7) is 1.80. The van der Waals surface area contributed by atoms with Crippen LogP contribution < -0.4 is 0 Å². The van der Waals surface area contributed by atoms with Crippen LogP contribution in [0, 0.1) is 12.7 Å². The minimum Gasteiger partial charge on any atom is -0.465 e. The lowest BCUT2D eigenvalue weighted by Gasteiger charge is -2.05. The predicted molar refractivity (Wildman–Crippen MR) is 93.9 cm³/mol. The van der Waals surface area contributed by atoms with Gasteiger partial charge >= 0.3 is 5.97 Å². The van der Waals surface area contributed by atoms with Crippen molar-refractivity contribution in [1.82, 2.24) is 0 Å². The fourth-order valence-corrected chi connectivity index (χ4v) is 2.45. The summed E-state index contributed by atoms with van der Waals surface area (Å²) in [6, 6.07) is 14.9. The third-order valence-electron chi connectivity index (χ3n) is 3.78. The van der Waals surface area contributed by atoms with E-state index in [0.29, 0.717) is 28.3 Å². The number of benzene rings is 2. The summed E-state index contributed by atoms with van der Waals surface area (Å²) < 4.78 is 23.7. The highest BCUT2D eigenvalue weighted by Crippen LogP contribution is 2.24. The van der Waals surface area contributed by atoms with Gasteiger partial charge < -0.3 is 9.15 Å². The average molecular weight is 337 g/mol. The normalized spacial score (nSPS) is 11.0. The molecule has 3 aromatic rings. The van der Waals surface area contributed by atoms with Gasteiger partial charge in [-0.3, -0.25) is 4.99 Å². The van der Waals surface area contributed by atoms with Gasteiger partial charge in [0.25, 0.3) is 0 Å². The van der Waals surface area contributed by atoms with Crippen molar-refractivity contribution in [1.29, 1.82) is 0 Å². The topological polar surface area (TPSA) is 51.8 Å². The van der Waals surface area contributed by atoms with Gasteiger partial charge in [-0.15, -0.1) is 0 Å². The van der Waals surface area contributed by atoms with Crippen molar-refractivity contribution in [2.45, 2.75) is 6.92 Å². The van der Waals surface area contributed by atoms with Crippen LogP contribution in [0.3, 0.4) is 0 Å². The van der Waals surface area contributed by atoms with Crippen LogP contribution in [0.5, 0.6) is 0 Å². The molecule has 0 saturated heterocycles. The number of methoxy groups -OCH3 is 1. The van der Waals surface area contributed by atoms with E-state index in [1.54, 1.807) is 55.6 Å². The molecule has 0 unspecified atom stereocenters. The maximum absolute atomic E-state index is 13.3. The maximum Gasteiger partial charge on any atom is 0.338 e. The summed E-state index contributed by atoms with van der Waals surface area (Å²) in [5.41, 5.74) is 2.50. The molecule has 0 radical (unpaired) electrons. The highest BCUT2D eigenvalue weighted by molar-refractivity contribution is 5.93.